The first-order valence-electron chi connectivity index (χ1n) is 11.5. The molecule has 2 aromatic rings. The molecule has 9 heteroatoms. The summed E-state index contributed by atoms with van der Waals surface area (Å²) < 4.78 is 0. The van der Waals surface area contributed by atoms with Gasteiger partial charge in [0, 0.05) is 41.4 Å². The number of aryl methyl sites for hydroxylation is 1. The molecule has 0 bridgehead atoms. The molecule has 1 saturated heterocycles. The van der Waals surface area contributed by atoms with Crippen LogP contribution in [0.15, 0.2) is 23.8 Å². The number of carbonyl (C=O) groups is 1. The molecular weight excluding hydrogens is 450 g/mol. The lowest BCUT2D eigenvalue weighted by Crippen LogP contribution is -2.24. The van der Waals surface area contributed by atoms with Crippen molar-refractivity contribution in [2.75, 3.05) is 23.3 Å². The lowest BCUT2D eigenvalue weighted by molar-refractivity contribution is -0.384. The third-order valence-corrected chi connectivity index (χ3v) is 7.55. The van der Waals surface area contributed by atoms with Crippen LogP contribution in [0.1, 0.15) is 60.1 Å². The number of anilines is 2. The van der Waals surface area contributed by atoms with E-state index in [-0.39, 0.29) is 11.3 Å². The first kappa shape index (κ1) is 23.5. The Hall–Kier alpha value is -3.69. The summed E-state index contributed by atoms with van der Waals surface area (Å²) in [6, 6.07) is 8.72. The van der Waals surface area contributed by atoms with E-state index in [9.17, 15) is 25.4 Å². The van der Waals surface area contributed by atoms with Crippen molar-refractivity contribution in [2.24, 2.45) is 0 Å². The topological polar surface area (TPSA) is 123 Å². The zero-order chi connectivity index (χ0) is 24.1. The lowest BCUT2D eigenvalue weighted by Gasteiger charge is -2.24. The number of nitro groups is 1. The van der Waals surface area contributed by atoms with Crippen molar-refractivity contribution in [3.05, 3.63) is 55.5 Å². The maximum Gasteiger partial charge on any atom is 0.270 e. The second-order valence-electron chi connectivity index (χ2n) is 8.55. The molecule has 34 heavy (non-hydrogen) atoms. The van der Waals surface area contributed by atoms with Crippen LogP contribution in [-0.4, -0.2) is 23.9 Å². The van der Waals surface area contributed by atoms with Crippen LogP contribution in [0.5, 0.6) is 0 Å². The monoisotopic (exact) mass is 475 g/mol. The number of non-ortho nitro benzene ring substituents is 1. The molecule has 2 heterocycles. The van der Waals surface area contributed by atoms with E-state index in [1.165, 1.54) is 29.5 Å². The molecule has 174 valence electrons. The molecular formula is C25H25N5O3S. The zero-order valence-corrected chi connectivity index (χ0v) is 19.6. The summed E-state index contributed by atoms with van der Waals surface area (Å²) in [5.41, 5.74) is 2.46. The molecule has 8 nitrogen and oxygen atoms in total. The number of hydrogen-bond acceptors (Lipinski definition) is 7. The van der Waals surface area contributed by atoms with Crippen LogP contribution in [0.2, 0.25) is 0 Å². The highest BCUT2D eigenvalue weighted by Gasteiger charge is 2.23. The van der Waals surface area contributed by atoms with E-state index in [1.807, 2.05) is 6.07 Å². The van der Waals surface area contributed by atoms with Gasteiger partial charge in [-0.15, -0.1) is 11.3 Å². The number of nitro benzene ring substituents is 1. The molecule has 0 radical (unpaired) electrons. The average molecular weight is 476 g/mol. The molecule has 1 aromatic heterocycles. The summed E-state index contributed by atoms with van der Waals surface area (Å²) >= 11 is 1.39. The van der Waals surface area contributed by atoms with Crippen LogP contribution in [0.3, 0.4) is 0 Å². The van der Waals surface area contributed by atoms with E-state index in [1.54, 1.807) is 6.07 Å². The van der Waals surface area contributed by atoms with Crippen molar-refractivity contribution in [2.45, 2.75) is 51.4 Å². The molecule has 1 aliphatic carbocycles. The Morgan fingerprint density at radius 1 is 1.12 bits per heavy atom. The average Bonchev–Trinajstić information content (AvgIpc) is 2.99. The van der Waals surface area contributed by atoms with E-state index in [2.05, 4.69) is 16.3 Å². The molecule has 1 amide bonds. The molecule has 2 aliphatic rings. The van der Waals surface area contributed by atoms with Crippen molar-refractivity contribution < 1.29 is 9.72 Å². The number of amides is 1. The van der Waals surface area contributed by atoms with Gasteiger partial charge in [-0.25, -0.2) is 0 Å². The normalized spacial score (nSPS) is 16.1. The summed E-state index contributed by atoms with van der Waals surface area (Å²) in [6.45, 7) is 1.64. The van der Waals surface area contributed by atoms with Gasteiger partial charge in [0.25, 0.3) is 11.6 Å². The Morgan fingerprint density at radius 2 is 1.85 bits per heavy atom. The minimum absolute atomic E-state index is 0.0970. The predicted molar refractivity (Wildman–Crippen MR) is 132 cm³/mol. The van der Waals surface area contributed by atoms with Gasteiger partial charge in [-0.05, 0) is 56.2 Å². The van der Waals surface area contributed by atoms with Gasteiger partial charge in [0.15, 0.2) is 0 Å². The van der Waals surface area contributed by atoms with Crippen LogP contribution in [0, 0.1) is 32.8 Å². The Bertz CT molecular complexity index is 1230. The van der Waals surface area contributed by atoms with Crippen LogP contribution in [0.25, 0.3) is 6.08 Å². The Morgan fingerprint density at radius 3 is 2.53 bits per heavy atom. The van der Waals surface area contributed by atoms with Crippen LogP contribution in [-0.2, 0) is 17.6 Å². The van der Waals surface area contributed by atoms with Gasteiger partial charge in [-0.1, -0.05) is 12.8 Å². The summed E-state index contributed by atoms with van der Waals surface area (Å²) in [4.78, 5) is 27.2. The van der Waals surface area contributed by atoms with Crippen molar-refractivity contribution in [3.8, 4) is 12.1 Å². The van der Waals surface area contributed by atoms with Crippen molar-refractivity contribution in [3.63, 3.8) is 0 Å². The van der Waals surface area contributed by atoms with Crippen molar-refractivity contribution in [1.29, 1.82) is 10.5 Å². The molecule has 0 spiro atoms. The number of fused-ring (bicyclic) bond motifs is 1. The van der Waals surface area contributed by atoms with E-state index < -0.39 is 10.8 Å². The number of nitriles is 2. The number of hydrogen-bond donors (Lipinski definition) is 1. The quantitative estimate of drug-likeness (QED) is 0.270. The standard InChI is InChI=1S/C25H25N5O3S/c26-15-18(24(31)28-25-21(16-27)20-7-3-4-8-23(20)34-25)13-17-14-19(30(32)33)9-10-22(17)29-11-5-1-2-6-12-29/h9-10,13-14H,1-8,11-12H2,(H,28,31). The summed E-state index contributed by atoms with van der Waals surface area (Å²) in [5, 5.41) is 34.0. The summed E-state index contributed by atoms with van der Waals surface area (Å²) in [5.74, 6) is -0.620. The fraction of sp³-hybridized carbons (Fsp3) is 0.400. The van der Waals surface area contributed by atoms with Crippen molar-refractivity contribution in [1.82, 2.24) is 0 Å². The van der Waals surface area contributed by atoms with E-state index in [0.29, 0.717) is 16.1 Å². The second kappa shape index (κ2) is 10.5. The van der Waals surface area contributed by atoms with Gasteiger partial charge in [-0.2, -0.15) is 10.5 Å². The summed E-state index contributed by atoms with van der Waals surface area (Å²) in [7, 11) is 0. The van der Waals surface area contributed by atoms with E-state index in [4.69, 9.17) is 0 Å². The zero-order valence-electron chi connectivity index (χ0n) is 18.8. The maximum atomic E-state index is 13.0. The third kappa shape index (κ3) is 4.95. The Labute approximate surface area is 202 Å². The minimum atomic E-state index is -0.620. The predicted octanol–water partition coefficient (Wildman–Crippen LogP) is 5.33. The Balaban J connectivity index is 1.68. The largest absolute Gasteiger partial charge is 0.371 e. The number of nitrogens with one attached hydrogen (secondary N) is 1. The molecule has 1 fully saturated rings. The minimum Gasteiger partial charge on any atom is -0.371 e. The molecule has 1 N–H and O–H groups in total. The lowest BCUT2D eigenvalue weighted by atomic mass is 9.96. The van der Waals surface area contributed by atoms with Gasteiger partial charge in [0.2, 0.25) is 0 Å². The van der Waals surface area contributed by atoms with Gasteiger partial charge < -0.3 is 10.2 Å². The number of rotatable bonds is 5. The SMILES string of the molecule is N#CC(=Cc1cc([N+](=O)[O-])ccc1N1CCCCCC1)C(=O)Nc1sc2c(c1C#N)CCCC2. The van der Waals surface area contributed by atoms with Crippen LogP contribution >= 0.6 is 11.3 Å². The maximum absolute atomic E-state index is 13.0. The molecule has 0 saturated carbocycles. The van der Waals surface area contributed by atoms with Crippen LogP contribution in [0.4, 0.5) is 16.4 Å². The number of nitrogens with zero attached hydrogens (tertiary/aromatic N) is 4. The van der Waals surface area contributed by atoms with Crippen LogP contribution < -0.4 is 10.2 Å². The van der Waals surface area contributed by atoms with E-state index in [0.717, 1.165) is 80.6 Å². The van der Waals surface area contributed by atoms with Gasteiger partial charge in [-0.3, -0.25) is 14.9 Å². The third-order valence-electron chi connectivity index (χ3n) is 6.34. The molecule has 1 aromatic carbocycles. The first-order valence-corrected chi connectivity index (χ1v) is 12.3. The second-order valence-corrected chi connectivity index (χ2v) is 9.66. The number of carbonyl (C=O) groups excluding carboxylic acids is 1. The van der Waals surface area contributed by atoms with Crippen molar-refractivity contribution >= 4 is 39.7 Å². The number of benzene rings is 1. The van der Waals surface area contributed by atoms with E-state index >= 15 is 0 Å². The Kier molecular flexibility index (Phi) is 7.24. The first-order chi connectivity index (χ1) is 16.5. The molecule has 4 rings (SSSR count). The molecule has 0 atom stereocenters. The molecule has 1 aliphatic heterocycles. The molecule has 0 unspecified atom stereocenters. The number of thiophene rings is 1. The highest BCUT2D eigenvalue weighted by atomic mass is 32.1. The smallest absolute Gasteiger partial charge is 0.270 e. The van der Waals surface area contributed by atoms with Gasteiger partial charge in [0.1, 0.15) is 22.7 Å². The van der Waals surface area contributed by atoms with Gasteiger partial charge in [0.05, 0.1) is 10.5 Å². The fourth-order valence-corrected chi connectivity index (χ4v) is 5.85. The summed E-state index contributed by atoms with van der Waals surface area (Å²) in [6.07, 6.45) is 9.50. The van der Waals surface area contributed by atoms with Gasteiger partial charge >= 0.3 is 0 Å². The fourth-order valence-electron chi connectivity index (χ4n) is 4.62. The highest BCUT2D eigenvalue weighted by Crippen LogP contribution is 2.38. The highest BCUT2D eigenvalue weighted by molar-refractivity contribution is 7.16.